The Morgan fingerprint density at radius 3 is 1.14 bits per heavy atom. The molecule has 0 saturated carbocycles. The van der Waals surface area contributed by atoms with Crippen LogP contribution in [0, 0.1) is 27.7 Å². The van der Waals surface area contributed by atoms with Crippen LogP contribution in [0.4, 0.5) is 34.1 Å². The largest absolute Gasteiger partial charge is 0.310 e. The van der Waals surface area contributed by atoms with Crippen LogP contribution in [0.5, 0.6) is 0 Å². The summed E-state index contributed by atoms with van der Waals surface area (Å²) in [4.78, 5) is 4.78. The Kier molecular flexibility index (Phi) is 8.12. The van der Waals surface area contributed by atoms with Crippen molar-refractivity contribution in [1.82, 2.24) is 0 Å². The molecule has 0 spiro atoms. The molecule has 0 heterocycles. The molecule has 8 aromatic carbocycles. The second kappa shape index (κ2) is 13.1. The van der Waals surface area contributed by atoms with Crippen molar-refractivity contribution in [2.24, 2.45) is 0 Å². The van der Waals surface area contributed by atoms with Crippen molar-refractivity contribution in [2.75, 3.05) is 9.80 Å². The second-order valence-corrected chi connectivity index (χ2v) is 17.8. The lowest BCUT2D eigenvalue weighted by Crippen LogP contribution is -2.24. The SMILES string of the molecule is Cc1ccc(N(c2ccc(C)cc2)c2ccc3c(c2)C(C)(C)c2c-3ccc3c2C(C)(C)c2c-3ccc3cc(N(c4ccc(C)cc4)c4ccc(C)cc4)ccc23)cc1. The zero-order chi connectivity index (χ0) is 40.1. The van der Waals surface area contributed by atoms with Crippen molar-refractivity contribution < 1.29 is 0 Å². The number of benzene rings is 8. The number of rotatable bonds is 6. The highest BCUT2D eigenvalue weighted by molar-refractivity contribution is 6.01. The van der Waals surface area contributed by atoms with Gasteiger partial charge in [0.25, 0.3) is 0 Å². The van der Waals surface area contributed by atoms with Gasteiger partial charge in [-0.1, -0.05) is 135 Å². The fourth-order valence-electron chi connectivity index (χ4n) is 10.1. The van der Waals surface area contributed by atoms with E-state index in [1.807, 2.05) is 0 Å². The van der Waals surface area contributed by atoms with Gasteiger partial charge in [-0.05, 0) is 156 Å². The third-order valence-corrected chi connectivity index (χ3v) is 13.0. The van der Waals surface area contributed by atoms with Gasteiger partial charge in [-0.3, -0.25) is 0 Å². The zero-order valence-electron chi connectivity index (χ0n) is 34.9. The lowest BCUT2D eigenvalue weighted by molar-refractivity contribution is 0.603. The first-order valence-corrected chi connectivity index (χ1v) is 20.7. The van der Waals surface area contributed by atoms with E-state index in [0.717, 1.165) is 28.4 Å². The maximum absolute atomic E-state index is 2.46. The van der Waals surface area contributed by atoms with E-state index < -0.39 is 0 Å². The van der Waals surface area contributed by atoms with Crippen molar-refractivity contribution in [3.05, 3.63) is 202 Å². The third kappa shape index (κ3) is 5.53. The van der Waals surface area contributed by atoms with E-state index in [0.29, 0.717) is 0 Å². The molecule has 0 bridgehead atoms. The van der Waals surface area contributed by atoms with E-state index in [2.05, 4.69) is 223 Å². The maximum Gasteiger partial charge on any atom is 0.0468 e. The minimum Gasteiger partial charge on any atom is -0.310 e. The first-order valence-electron chi connectivity index (χ1n) is 20.7. The molecule has 0 N–H and O–H groups in total. The summed E-state index contributed by atoms with van der Waals surface area (Å²) in [6.07, 6.45) is 0. The van der Waals surface area contributed by atoms with E-state index in [9.17, 15) is 0 Å². The van der Waals surface area contributed by atoms with Crippen LogP contribution in [0.2, 0.25) is 0 Å². The summed E-state index contributed by atoms with van der Waals surface area (Å²) >= 11 is 0. The molecule has 0 amide bonds. The van der Waals surface area contributed by atoms with E-state index in [1.54, 1.807) is 0 Å². The minimum atomic E-state index is -0.206. The van der Waals surface area contributed by atoms with Crippen LogP contribution in [0.1, 0.15) is 72.2 Å². The number of aryl methyl sites for hydroxylation is 4. The molecule has 0 radical (unpaired) electrons. The maximum atomic E-state index is 2.46. The van der Waals surface area contributed by atoms with Crippen LogP contribution < -0.4 is 9.80 Å². The van der Waals surface area contributed by atoms with Gasteiger partial charge in [-0.25, -0.2) is 0 Å². The molecule has 0 fully saturated rings. The highest BCUT2D eigenvalue weighted by atomic mass is 15.1. The Balaban J connectivity index is 1.08. The average Bonchev–Trinajstić information content (AvgIpc) is 3.60. The lowest BCUT2D eigenvalue weighted by Gasteiger charge is -2.32. The van der Waals surface area contributed by atoms with E-state index in [-0.39, 0.29) is 10.8 Å². The highest BCUT2D eigenvalue weighted by Gasteiger charge is 2.46. The molecule has 0 aromatic heterocycles. The summed E-state index contributed by atoms with van der Waals surface area (Å²) in [7, 11) is 0. The smallest absolute Gasteiger partial charge is 0.0468 e. The summed E-state index contributed by atoms with van der Waals surface area (Å²) in [5.41, 5.74) is 22.8. The Bertz CT molecular complexity index is 2800. The molecule has 0 atom stereocenters. The summed E-state index contributed by atoms with van der Waals surface area (Å²) in [5.74, 6) is 0. The van der Waals surface area contributed by atoms with Crippen molar-refractivity contribution >= 4 is 44.9 Å². The molecule has 284 valence electrons. The van der Waals surface area contributed by atoms with Crippen molar-refractivity contribution in [3.8, 4) is 22.3 Å². The molecule has 58 heavy (non-hydrogen) atoms. The van der Waals surface area contributed by atoms with Gasteiger partial charge in [0.05, 0.1) is 0 Å². The Labute approximate surface area is 344 Å². The van der Waals surface area contributed by atoms with Gasteiger partial charge < -0.3 is 9.80 Å². The molecule has 2 aliphatic rings. The molecule has 2 aliphatic carbocycles. The van der Waals surface area contributed by atoms with Gasteiger partial charge in [0, 0.05) is 45.0 Å². The number of anilines is 6. The van der Waals surface area contributed by atoms with E-state index in [1.165, 1.54) is 83.2 Å². The average molecular weight is 751 g/mol. The first kappa shape index (κ1) is 36.0. The van der Waals surface area contributed by atoms with E-state index in [4.69, 9.17) is 0 Å². The minimum absolute atomic E-state index is 0.205. The van der Waals surface area contributed by atoms with Crippen LogP contribution in [0.15, 0.2) is 158 Å². The summed E-state index contributed by atoms with van der Waals surface area (Å²) in [6.45, 7) is 18.4. The highest BCUT2D eigenvalue weighted by Crippen LogP contribution is 2.60. The summed E-state index contributed by atoms with van der Waals surface area (Å²) < 4.78 is 0. The first-order chi connectivity index (χ1) is 27.9. The number of hydrogen-bond donors (Lipinski definition) is 0. The van der Waals surface area contributed by atoms with Crippen LogP contribution in [-0.4, -0.2) is 0 Å². The van der Waals surface area contributed by atoms with Crippen LogP contribution >= 0.6 is 0 Å². The van der Waals surface area contributed by atoms with Crippen LogP contribution in [-0.2, 0) is 10.8 Å². The fourth-order valence-corrected chi connectivity index (χ4v) is 10.1. The molecule has 10 rings (SSSR count). The third-order valence-electron chi connectivity index (χ3n) is 13.0. The Morgan fingerprint density at radius 1 is 0.310 bits per heavy atom. The molecular formula is C56H50N2. The number of hydrogen-bond acceptors (Lipinski definition) is 2. The predicted octanol–water partition coefficient (Wildman–Crippen LogP) is 15.6. The summed E-state index contributed by atoms with van der Waals surface area (Å²) in [6, 6.07) is 59.3. The standard InChI is InChI=1S/C56H50N2/c1-35-9-18-40(19-10-35)57(41-20-11-36(2)12-21-41)44-26-29-46-39(33-44)17-28-49-50-32-31-48-47-30-27-45(34-51(47)55(5,6)53(48)54(50)56(7,8)52(46)49)58(42-22-13-37(3)14-23-42)43-24-15-38(4)16-25-43/h9-34H,1-8H3. The van der Waals surface area contributed by atoms with Gasteiger partial charge in [0.2, 0.25) is 0 Å². The monoisotopic (exact) mass is 750 g/mol. The lowest BCUT2D eigenvalue weighted by atomic mass is 9.72. The normalized spacial score (nSPS) is 14.1. The van der Waals surface area contributed by atoms with Gasteiger partial charge in [0.15, 0.2) is 0 Å². The molecule has 0 saturated heterocycles. The van der Waals surface area contributed by atoms with Crippen molar-refractivity contribution in [2.45, 2.75) is 66.2 Å². The van der Waals surface area contributed by atoms with Gasteiger partial charge in [-0.2, -0.15) is 0 Å². The van der Waals surface area contributed by atoms with Gasteiger partial charge in [0.1, 0.15) is 0 Å². The quantitative estimate of drug-likeness (QED) is 0.167. The molecular weight excluding hydrogens is 701 g/mol. The number of fused-ring (bicyclic) bond motifs is 9. The van der Waals surface area contributed by atoms with Gasteiger partial charge >= 0.3 is 0 Å². The second-order valence-electron chi connectivity index (χ2n) is 17.8. The fraction of sp³-hybridized carbons (Fsp3) is 0.179. The molecule has 0 unspecified atom stereocenters. The molecule has 2 heteroatoms. The number of nitrogens with zero attached hydrogens (tertiary/aromatic N) is 2. The molecule has 0 aliphatic heterocycles. The predicted molar refractivity (Wildman–Crippen MR) is 247 cm³/mol. The van der Waals surface area contributed by atoms with Crippen molar-refractivity contribution in [1.29, 1.82) is 0 Å². The van der Waals surface area contributed by atoms with E-state index >= 15 is 0 Å². The summed E-state index contributed by atoms with van der Waals surface area (Å²) in [5, 5.41) is 2.59. The van der Waals surface area contributed by atoms with Crippen LogP contribution in [0.3, 0.4) is 0 Å². The Hall–Kier alpha value is -6.38. The topological polar surface area (TPSA) is 6.48 Å². The van der Waals surface area contributed by atoms with Crippen molar-refractivity contribution in [3.63, 3.8) is 0 Å². The zero-order valence-corrected chi connectivity index (χ0v) is 34.9. The molecule has 8 aromatic rings. The van der Waals surface area contributed by atoms with Crippen LogP contribution in [0.25, 0.3) is 33.0 Å². The van der Waals surface area contributed by atoms with Gasteiger partial charge in [-0.15, -0.1) is 0 Å². The molecule has 2 nitrogen and oxygen atoms in total. The Morgan fingerprint density at radius 2 is 0.655 bits per heavy atom.